The number of carboxylic acids is 5. The molecule has 145 heavy (non-hydrogen) atoms. The van der Waals surface area contributed by atoms with Crippen LogP contribution in [0.4, 0.5) is 0 Å². The van der Waals surface area contributed by atoms with Crippen LogP contribution in [0.1, 0.15) is 41.5 Å². The molecule has 6 amide bonds. The van der Waals surface area contributed by atoms with E-state index in [0.29, 0.717) is 0 Å². The Morgan fingerprint density at radius 2 is 0.345 bits per heavy atom. The van der Waals surface area contributed by atoms with Crippen LogP contribution in [0.2, 0.25) is 0 Å². The number of nitrogens with one attached hydrogen (secondary N) is 6. The van der Waals surface area contributed by atoms with Crippen molar-refractivity contribution < 1.29 is 300 Å². The SMILES string of the molecule is CC(=O)N[C@@H]1[C@@H](O[C@@H]2O[C@H](C(=O)O)[C@@H](O[C@@H]3O[C@H](CO)[C@H](O)[C@H](O[C@@H]4O[C@H](C(=O)O)[C@@H](O[C@@H]5O[C@H](CO)[C@H](O)[C@H](O[C@@H]6O[C@H](C(=O)O)[C@@H](O[C@@H]7O[C@H](CO)[C@H](O)[C@H](O[C@@H]8O[C@H](C(=O)O)[C@@H](O[C@@H]9O[C@H](CO)[C@H](O)[C@H](O[C@@H]%10O[C@H](C(=O)O)[C@@H](O[C@@H]%11O[C@H](CO)[C@H](O)[C@H](O)[C@H]%11NC(C)=O)[C@H](O)[C@H]%10O)[C@H]9NC(C)=O)[C@H](O)[C@H]8O)[C@H]7NC(C)=O)[C@H](O)[C@H]6O)[C@H]5NC(C)=O)[C@H](O)[C@H]4O)[C@H]3NC(C)=O)[C@H](O)[C@H]2O)[C@@H](O)[C@@H](CO)O[C@H]1O. The van der Waals surface area contributed by atoms with Crippen molar-refractivity contribution in [3.63, 3.8) is 0 Å². The van der Waals surface area contributed by atoms with E-state index in [2.05, 4.69) is 31.9 Å². The topological polar surface area (TPSA) is 1040 Å². The Morgan fingerprint density at radius 1 is 0.186 bits per heavy atom. The number of aliphatic carboxylic acids is 5. The van der Waals surface area contributed by atoms with Crippen molar-refractivity contribution in [1.29, 1.82) is 0 Å². The van der Waals surface area contributed by atoms with E-state index < -0.39 is 442 Å². The Morgan fingerprint density at radius 3 is 0.531 bits per heavy atom. The lowest BCUT2D eigenvalue weighted by atomic mass is 9.93. The molecule has 0 aromatic carbocycles. The van der Waals surface area contributed by atoms with Crippen molar-refractivity contribution in [2.24, 2.45) is 0 Å². The number of rotatable bonds is 37. The third kappa shape index (κ3) is 25.9. The Hall–Kier alpha value is -7.63. The van der Waals surface area contributed by atoms with Gasteiger partial charge in [-0.2, -0.15) is 0 Å². The van der Waals surface area contributed by atoms with E-state index in [9.17, 15) is 201 Å². The van der Waals surface area contributed by atoms with Gasteiger partial charge in [0.05, 0.1) is 39.6 Å². The molecule has 11 aliphatic rings. The molecule has 0 aromatic rings. The van der Waals surface area contributed by atoms with E-state index in [1.165, 1.54) is 0 Å². The highest BCUT2D eigenvalue weighted by Gasteiger charge is 2.65. The summed E-state index contributed by atoms with van der Waals surface area (Å²) in [4.78, 5) is 143. The number of carbonyl (C=O) groups excluding carboxylic acids is 6. The highest BCUT2D eigenvalue weighted by atomic mass is 16.8. The van der Waals surface area contributed by atoms with Gasteiger partial charge in [-0.15, -0.1) is 0 Å². The lowest BCUT2D eigenvalue weighted by Gasteiger charge is -2.51. The van der Waals surface area contributed by atoms with Crippen molar-refractivity contribution in [3.8, 4) is 0 Å². The molecule has 11 fully saturated rings. The number of ether oxygens (including phenoxy) is 21. The van der Waals surface area contributed by atoms with Crippen molar-refractivity contribution in [2.45, 2.75) is 379 Å². The molecule has 0 aromatic heterocycles. The maximum atomic E-state index is 13.5. The standard InChI is InChI=1S/C78H120N6O61/c1-13(91)79-25-37(103)31(97)19(7-85)126-69(25)136-53-38(104)44(110)75(142-58(53)63(114)115)132-49-27(81-15(3)93)71(128-21(9-87)33(49)99)138-55-40(106)46(112)77(144-60(55)65(118)119)134-51-29(83-17(5)95)73(130-23(11-89)35(51)101)140-57-42(108)47(113)78(145-62(57)67(122)123)135-52-30(84-18(6)96)72(129-24(12-90)36(52)102)139-56-41(107)45(111)76(143-61(56)66(120)121)133-50-28(82-16(4)94)70(127-22(10-88)34(50)100)137-54-39(105)43(109)74(141-59(54)64(116)117)131-48-26(80-14(2)92)68(124)125-20(8-86)32(48)98/h19-62,68-78,85-90,97-113,124H,7-12H2,1-6H3,(H,79,91)(H,80,92)(H,81,93)(H,82,94)(H,83,95)(H,84,96)(H,114,115)(H,116,117)(H,118,119)(H,120,121)(H,122,123)/t19-,20-,21-,22-,23-,24-,25-,26-,27-,28-,29-,30-,31+,32+,33+,34+,35+,36+,37-,38-,39-,40-,41-,42-,43-,44-,45-,46-,47-,48-,49-,50-,51-,52-,53+,54+,55+,56+,57+,58+,59+,60+,61+,62+,68-,69+,70+,71+,72+,73+,74-,75-,76-,77-,78-/m1/s1. The monoisotopic (exact) mass is 2120 g/mol. The van der Waals surface area contributed by atoms with Crippen LogP contribution >= 0.6 is 0 Å². The van der Waals surface area contributed by atoms with Crippen LogP contribution in [-0.4, -0.2) is 590 Å². The number of carboxylic acid groups (broad SMARTS) is 5. The van der Waals surface area contributed by atoms with E-state index >= 15 is 0 Å². The zero-order chi connectivity index (χ0) is 107. The van der Waals surface area contributed by atoms with Crippen molar-refractivity contribution in [1.82, 2.24) is 31.9 Å². The molecule has 67 heteroatoms. The Labute approximate surface area is 813 Å². The Balaban J connectivity index is 0.784. The van der Waals surface area contributed by atoms with Crippen LogP contribution in [0, 0.1) is 0 Å². The normalized spacial score (nSPS) is 46.6. The van der Waals surface area contributed by atoms with Gasteiger partial charge in [0, 0.05) is 41.5 Å². The fraction of sp³-hybridized carbons (Fsp3) is 0.859. The zero-order valence-corrected chi connectivity index (χ0v) is 76.5. The molecule has 11 aliphatic heterocycles. The maximum absolute atomic E-state index is 13.5. The number of hydrogen-bond donors (Lipinski definition) is 35. The van der Waals surface area contributed by atoms with Gasteiger partial charge >= 0.3 is 29.8 Å². The van der Waals surface area contributed by atoms with Crippen molar-refractivity contribution in [3.05, 3.63) is 0 Å². The maximum Gasteiger partial charge on any atom is 0.335 e. The Kier molecular flexibility index (Phi) is 40.6. The van der Waals surface area contributed by atoms with E-state index in [1.807, 2.05) is 0 Å². The second-order valence-corrected chi connectivity index (χ2v) is 35.4. The minimum atomic E-state index is -2.77. The average molecular weight is 2120 g/mol. The predicted molar refractivity (Wildman–Crippen MR) is 435 cm³/mol. The summed E-state index contributed by atoms with van der Waals surface area (Å²) in [6, 6.07) is -12.3. The second-order valence-electron chi connectivity index (χ2n) is 35.4. The molecular weight excluding hydrogens is 2000 g/mol. The fourth-order valence-corrected chi connectivity index (χ4v) is 18.2. The third-order valence-corrected chi connectivity index (χ3v) is 25.2. The van der Waals surface area contributed by atoms with Gasteiger partial charge < -0.3 is 279 Å². The molecule has 0 saturated carbocycles. The van der Waals surface area contributed by atoms with E-state index in [-0.39, 0.29) is 0 Å². The highest BCUT2D eigenvalue weighted by molar-refractivity contribution is 5.78. The molecule has 35 N–H and O–H groups in total. The molecule has 828 valence electrons. The van der Waals surface area contributed by atoms with Crippen LogP contribution in [0.3, 0.4) is 0 Å². The van der Waals surface area contributed by atoms with Gasteiger partial charge in [0.2, 0.25) is 35.4 Å². The van der Waals surface area contributed by atoms with Gasteiger partial charge in [0.25, 0.3) is 0 Å². The van der Waals surface area contributed by atoms with Gasteiger partial charge in [0.1, 0.15) is 238 Å². The molecule has 55 atom stereocenters. The molecule has 67 nitrogen and oxygen atoms in total. The first-order valence-corrected chi connectivity index (χ1v) is 44.6. The molecule has 11 heterocycles. The summed E-state index contributed by atoms with van der Waals surface area (Å²) in [5.41, 5.74) is 0. The van der Waals surface area contributed by atoms with Gasteiger partial charge in [-0.05, 0) is 0 Å². The summed E-state index contributed by atoms with van der Waals surface area (Å²) < 4.78 is 120. The summed E-state index contributed by atoms with van der Waals surface area (Å²) in [6.07, 6.45) is -117. The molecule has 0 bridgehead atoms. The number of amides is 6. The summed E-state index contributed by atoms with van der Waals surface area (Å²) in [5.74, 6) is -16.8. The summed E-state index contributed by atoms with van der Waals surface area (Å²) in [6.45, 7) is -2.09. The van der Waals surface area contributed by atoms with Crippen LogP contribution < -0.4 is 31.9 Å². The average Bonchev–Trinajstić information content (AvgIpc) is 0.759. The number of hydrogen-bond acceptors (Lipinski definition) is 56. The minimum absolute atomic E-state index is 0.785. The summed E-state index contributed by atoms with van der Waals surface area (Å²) in [5, 5.41) is 337. The Bertz CT molecular complexity index is 4320. The van der Waals surface area contributed by atoms with Gasteiger partial charge in [-0.1, -0.05) is 0 Å². The number of carbonyl (C=O) groups is 11. The van der Waals surface area contributed by atoms with E-state index in [1.54, 1.807) is 0 Å². The van der Waals surface area contributed by atoms with Gasteiger partial charge in [0.15, 0.2) is 99.7 Å². The summed E-state index contributed by atoms with van der Waals surface area (Å²) in [7, 11) is 0. The largest absolute Gasteiger partial charge is 0.479 e. The first-order valence-electron chi connectivity index (χ1n) is 44.6. The molecule has 0 spiro atoms. The van der Waals surface area contributed by atoms with Crippen LogP contribution in [-0.2, 0) is 152 Å². The van der Waals surface area contributed by atoms with Crippen molar-refractivity contribution in [2.75, 3.05) is 39.6 Å². The molecule has 0 unspecified atom stereocenters. The smallest absolute Gasteiger partial charge is 0.335 e. The van der Waals surface area contributed by atoms with Crippen LogP contribution in [0.25, 0.3) is 0 Å². The predicted octanol–water partition coefficient (Wildman–Crippen LogP) is -23.7. The summed E-state index contributed by atoms with van der Waals surface area (Å²) >= 11 is 0. The molecule has 11 rings (SSSR count). The van der Waals surface area contributed by atoms with Crippen LogP contribution in [0.5, 0.6) is 0 Å². The second kappa shape index (κ2) is 50.1. The van der Waals surface area contributed by atoms with E-state index in [0.717, 1.165) is 41.5 Å². The lowest BCUT2D eigenvalue weighted by molar-refractivity contribution is -0.382. The first-order chi connectivity index (χ1) is 68.2. The number of aliphatic hydroxyl groups is 24. The fourth-order valence-electron chi connectivity index (χ4n) is 18.2. The lowest BCUT2D eigenvalue weighted by Crippen LogP contribution is -2.72. The quantitative estimate of drug-likeness (QED) is 0.0275. The third-order valence-electron chi connectivity index (χ3n) is 25.2. The molecular formula is C78H120N6O61. The zero-order valence-electron chi connectivity index (χ0n) is 76.5. The minimum Gasteiger partial charge on any atom is -0.479 e. The molecule has 0 radical (unpaired) electrons. The van der Waals surface area contributed by atoms with Gasteiger partial charge in [-0.3, -0.25) is 28.8 Å². The first kappa shape index (κ1) is 118. The highest BCUT2D eigenvalue weighted by Crippen LogP contribution is 2.43. The molecule has 0 aliphatic carbocycles. The molecule has 11 saturated heterocycles. The van der Waals surface area contributed by atoms with Crippen LogP contribution in [0.15, 0.2) is 0 Å². The van der Waals surface area contributed by atoms with Gasteiger partial charge in [-0.25, -0.2) is 24.0 Å². The van der Waals surface area contributed by atoms with Crippen molar-refractivity contribution >= 4 is 65.3 Å². The number of aliphatic hydroxyl groups excluding tert-OH is 24. The van der Waals surface area contributed by atoms with E-state index in [4.69, 9.17) is 99.5 Å².